The van der Waals surface area contributed by atoms with E-state index in [0.717, 1.165) is 23.4 Å². The number of carboxylic acids is 1. The van der Waals surface area contributed by atoms with Gasteiger partial charge in [-0.1, -0.05) is 19.3 Å². The van der Waals surface area contributed by atoms with Crippen molar-refractivity contribution in [3.8, 4) is 0 Å². The van der Waals surface area contributed by atoms with E-state index in [9.17, 15) is 9.90 Å². The number of hydrogen-bond donors (Lipinski definition) is 2. The van der Waals surface area contributed by atoms with Gasteiger partial charge in [0.15, 0.2) is 0 Å². The Bertz CT molecular complexity index is 419. The van der Waals surface area contributed by atoms with Crippen LogP contribution in [0.25, 0.3) is 0 Å². The number of rotatable bonds is 3. The summed E-state index contributed by atoms with van der Waals surface area (Å²) in [5, 5.41) is 13.2. The molecule has 2 N–H and O–H groups in total. The van der Waals surface area contributed by atoms with Crippen molar-refractivity contribution in [2.75, 3.05) is 12.4 Å². The third-order valence-electron chi connectivity index (χ3n) is 3.59. The highest BCUT2D eigenvalue weighted by Crippen LogP contribution is 2.42. The van der Waals surface area contributed by atoms with Crippen molar-refractivity contribution in [1.29, 1.82) is 0 Å². The molecule has 2 rings (SSSR count). The van der Waals surface area contributed by atoms with Crippen LogP contribution in [0.15, 0.2) is 0 Å². The second kappa shape index (κ2) is 5.08. The molecular formula is C13H19NO2S. The minimum Gasteiger partial charge on any atom is -0.478 e. The molecule has 0 saturated heterocycles. The average Bonchev–Trinajstić information content (AvgIpc) is 2.67. The molecule has 1 fully saturated rings. The molecule has 0 amide bonds. The molecule has 0 spiro atoms. The lowest BCUT2D eigenvalue weighted by Gasteiger charge is -2.22. The fourth-order valence-corrected chi connectivity index (χ4v) is 3.91. The van der Waals surface area contributed by atoms with Gasteiger partial charge in [0.2, 0.25) is 0 Å². The van der Waals surface area contributed by atoms with E-state index in [1.54, 1.807) is 18.4 Å². The zero-order valence-corrected chi connectivity index (χ0v) is 11.2. The highest BCUT2D eigenvalue weighted by molar-refractivity contribution is 7.16. The maximum absolute atomic E-state index is 11.4. The summed E-state index contributed by atoms with van der Waals surface area (Å²) < 4.78 is 0. The van der Waals surface area contributed by atoms with Crippen LogP contribution in [0.3, 0.4) is 0 Å². The third kappa shape index (κ3) is 2.32. The zero-order valence-electron chi connectivity index (χ0n) is 10.4. The van der Waals surface area contributed by atoms with E-state index >= 15 is 0 Å². The summed E-state index contributed by atoms with van der Waals surface area (Å²) >= 11 is 1.57. The molecule has 4 heteroatoms. The number of anilines is 1. The Labute approximate surface area is 106 Å². The number of nitrogens with one attached hydrogen (secondary N) is 1. The molecule has 0 atom stereocenters. The highest BCUT2D eigenvalue weighted by atomic mass is 32.1. The molecular weight excluding hydrogens is 234 g/mol. The Balaban J connectivity index is 2.43. The fourth-order valence-electron chi connectivity index (χ4n) is 2.83. The van der Waals surface area contributed by atoms with Gasteiger partial charge in [-0.25, -0.2) is 4.79 Å². The Morgan fingerprint density at radius 2 is 2.00 bits per heavy atom. The molecule has 1 heterocycles. The van der Waals surface area contributed by atoms with Crippen LogP contribution in [0.2, 0.25) is 0 Å². The van der Waals surface area contributed by atoms with Crippen molar-refractivity contribution in [3.05, 3.63) is 16.0 Å². The fraction of sp³-hybridized carbons (Fsp3) is 0.615. The number of hydrogen-bond acceptors (Lipinski definition) is 3. The van der Waals surface area contributed by atoms with Gasteiger partial charge in [-0.2, -0.15) is 0 Å². The molecule has 17 heavy (non-hydrogen) atoms. The summed E-state index contributed by atoms with van der Waals surface area (Å²) in [6, 6.07) is 0. The lowest BCUT2D eigenvalue weighted by Crippen LogP contribution is -2.10. The molecule has 0 aliphatic heterocycles. The molecule has 0 aromatic carbocycles. The minimum atomic E-state index is -0.792. The smallest absolute Gasteiger partial charge is 0.339 e. The monoisotopic (exact) mass is 253 g/mol. The van der Waals surface area contributed by atoms with E-state index in [0.29, 0.717) is 11.5 Å². The summed E-state index contributed by atoms with van der Waals surface area (Å²) in [6.45, 7) is 2.04. The first-order chi connectivity index (χ1) is 8.15. The van der Waals surface area contributed by atoms with Gasteiger partial charge in [-0.15, -0.1) is 11.3 Å². The molecule has 94 valence electrons. The van der Waals surface area contributed by atoms with Crippen molar-refractivity contribution < 1.29 is 9.90 Å². The second-order valence-corrected chi connectivity index (χ2v) is 5.89. The van der Waals surface area contributed by atoms with E-state index < -0.39 is 5.97 Å². The van der Waals surface area contributed by atoms with E-state index in [-0.39, 0.29) is 0 Å². The lowest BCUT2D eigenvalue weighted by molar-refractivity contribution is 0.0696. The molecule has 0 bridgehead atoms. The standard InChI is InChI=1S/C13H19NO2S/c1-8-10(9-6-4-3-5-7-9)11(13(15)16)12(14-2)17-8/h9,14H,3-7H2,1-2H3,(H,15,16). The second-order valence-electron chi connectivity index (χ2n) is 4.67. The third-order valence-corrected chi connectivity index (χ3v) is 4.72. The van der Waals surface area contributed by atoms with Crippen LogP contribution >= 0.6 is 11.3 Å². The van der Waals surface area contributed by atoms with Crippen molar-refractivity contribution >= 4 is 22.3 Å². The quantitative estimate of drug-likeness (QED) is 0.860. The number of aryl methyl sites for hydroxylation is 1. The largest absolute Gasteiger partial charge is 0.478 e. The predicted molar refractivity (Wildman–Crippen MR) is 71.4 cm³/mol. The van der Waals surface area contributed by atoms with E-state index in [4.69, 9.17) is 0 Å². The van der Waals surface area contributed by atoms with Crippen LogP contribution in [0.4, 0.5) is 5.00 Å². The van der Waals surface area contributed by atoms with E-state index in [1.807, 2.05) is 6.92 Å². The number of carboxylic acid groups (broad SMARTS) is 1. The van der Waals surface area contributed by atoms with Crippen LogP contribution < -0.4 is 5.32 Å². The summed E-state index contributed by atoms with van der Waals surface area (Å²) in [5.74, 6) is -0.340. The highest BCUT2D eigenvalue weighted by Gasteiger charge is 2.27. The van der Waals surface area contributed by atoms with Gasteiger partial charge in [0.05, 0.1) is 5.56 Å². The van der Waals surface area contributed by atoms with Crippen LogP contribution in [0.1, 0.15) is 58.8 Å². The maximum atomic E-state index is 11.4. The molecule has 0 radical (unpaired) electrons. The summed E-state index contributed by atoms with van der Waals surface area (Å²) in [6.07, 6.45) is 6.03. The van der Waals surface area contributed by atoms with Gasteiger partial charge in [0, 0.05) is 11.9 Å². The van der Waals surface area contributed by atoms with Crippen molar-refractivity contribution in [1.82, 2.24) is 0 Å². The molecule has 3 nitrogen and oxygen atoms in total. The van der Waals surface area contributed by atoms with Crippen molar-refractivity contribution in [2.24, 2.45) is 0 Å². The molecule has 1 aliphatic rings. The molecule has 1 saturated carbocycles. The van der Waals surface area contributed by atoms with Crippen LogP contribution in [0.5, 0.6) is 0 Å². The van der Waals surface area contributed by atoms with Crippen molar-refractivity contribution in [2.45, 2.75) is 44.9 Å². The minimum absolute atomic E-state index is 0.452. The van der Waals surface area contributed by atoms with Gasteiger partial charge in [0.25, 0.3) is 0 Å². The van der Waals surface area contributed by atoms with Crippen LogP contribution in [-0.2, 0) is 0 Å². The first-order valence-electron chi connectivity index (χ1n) is 6.19. The van der Waals surface area contributed by atoms with Gasteiger partial charge < -0.3 is 10.4 Å². The Morgan fingerprint density at radius 3 is 2.53 bits per heavy atom. The SMILES string of the molecule is CNc1sc(C)c(C2CCCCC2)c1C(=O)O. The molecule has 0 unspecified atom stereocenters. The summed E-state index contributed by atoms with van der Waals surface area (Å²) in [4.78, 5) is 12.6. The average molecular weight is 253 g/mol. The topological polar surface area (TPSA) is 49.3 Å². The molecule has 1 aliphatic carbocycles. The Hall–Kier alpha value is -1.03. The lowest BCUT2D eigenvalue weighted by atomic mass is 9.82. The van der Waals surface area contributed by atoms with Gasteiger partial charge in [-0.3, -0.25) is 0 Å². The van der Waals surface area contributed by atoms with Gasteiger partial charge >= 0.3 is 5.97 Å². The predicted octanol–water partition coefficient (Wildman–Crippen LogP) is 3.84. The van der Waals surface area contributed by atoms with Crippen LogP contribution in [-0.4, -0.2) is 18.1 Å². The summed E-state index contributed by atoms with van der Waals surface area (Å²) in [7, 11) is 1.79. The Morgan fingerprint density at radius 1 is 1.35 bits per heavy atom. The van der Waals surface area contributed by atoms with E-state index in [1.165, 1.54) is 24.1 Å². The first-order valence-corrected chi connectivity index (χ1v) is 7.01. The number of aromatic carboxylic acids is 1. The van der Waals surface area contributed by atoms with Gasteiger partial charge in [0.1, 0.15) is 5.00 Å². The zero-order chi connectivity index (χ0) is 12.4. The van der Waals surface area contributed by atoms with Gasteiger partial charge in [-0.05, 0) is 31.2 Å². The normalized spacial score (nSPS) is 17.1. The first kappa shape index (κ1) is 12.4. The number of thiophene rings is 1. The van der Waals surface area contributed by atoms with E-state index in [2.05, 4.69) is 5.32 Å². The maximum Gasteiger partial charge on any atom is 0.339 e. The Kier molecular flexibility index (Phi) is 3.72. The molecule has 1 aromatic rings. The summed E-state index contributed by atoms with van der Waals surface area (Å²) in [5.41, 5.74) is 1.61. The van der Waals surface area contributed by atoms with Crippen molar-refractivity contribution in [3.63, 3.8) is 0 Å². The van der Waals surface area contributed by atoms with Crippen LogP contribution in [0, 0.1) is 6.92 Å². The number of carbonyl (C=O) groups is 1. The molecule has 1 aromatic heterocycles.